The summed E-state index contributed by atoms with van der Waals surface area (Å²) in [4.78, 5) is 11.9. The molecule has 0 aliphatic rings. The average molecular weight is 250 g/mol. The number of aliphatic hydroxyl groups excluding tert-OH is 1. The van der Waals surface area contributed by atoms with Gasteiger partial charge in [-0.25, -0.2) is 0 Å². The van der Waals surface area contributed by atoms with Crippen molar-refractivity contribution in [3.05, 3.63) is 35.9 Å². The molecule has 1 unspecified atom stereocenters. The quantitative estimate of drug-likeness (QED) is 0.710. The predicted molar refractivity (Wildman–Crippen MR) is 71.8 cm³/mol. The Morgan fingerprint density at radius 3 is 2.50 bits per heavy atom. The van der Waals surface area contributed by atoms with Crippen LogP contribution in [0.3, 0.4) is 0 Å². The van der Waals surface area contributed by atoms with Crippen molar-refractivity contribution >= 4 is 5.91 Å². The summed E-state index contributed by atoms with van der Waals surface area (Å²) in [5.74, 6) is -0.0904. The second-order valence-corrected chi connectivity index (χ2v) is 4.57. The van der Waals surface area contributed by atoms with Gasteiger partial charge in [0.05, 0.1) is 18.7 Å². The molecule has 1 aromatic carbocycles. The lowest BCUT2D eigenvalue weighted by atomic mass is 9.98. The Hall–Kier alpha value is -1.39. The van der Waals surface area contributed by atoms with Gasteiger partial charge in [-0.2, -0.15) is 0 Å². The van der Waals surface area contributed by atoms with Crippen molar-refractivity contribution in [3.8, 4) is 0 Å². The minimum Gasteiger partial charge on any atom is -0.394 e. The fraction of sp³-hybridized carbons (Fsp3) is 0.500. The normalized spacial score (nSPS) is 15.8. The van der Waals surface area contributed by atoms with Crippen LogP contribution in [0.2, 0.25) is 0 Å². The standard InChI is InChI=1S/C14H22N2O2/c1-3-10(2)13(15)14(18)16-12(9-17)11-7-5-4-6-8-11/h4-8,10,12-13,17H,3,9,15H2,1-2H3,(H,16,18)/t10?,12-,13+/m1/s1. The molecule has 4 N–H and O–H groups in total. The lowest BCUT2D eigenvalue weighted by molar-refractivity contribution is -0.124. The highest BCUT2D eigenvalue weighted by Gasteiger charge is 2.22. The van der Waals surface area contributed by atoms with Crippen molar-refractivity contribution in [2.24, 2.45) is 11.7 Å². The number of nitrogens with two attached hydrogens (primary N) is 1. The first-order valence-corrected chi connectivity index (χ1v) is 6.31. The molecule has 0 aliphatic carbocycles. The summed E-state index contributed by atoms with van der Waals surface area (Å²) in [7, 11) is 0. The van der Waals surface area contributed by atoms with Crippen LogP contribution in [0.25, 0.3) is 0 Å². The number of nitrogens with one attached hydrogen (secondary N) is 1. The van der Waals surface area contributed by atoms with E-state index in [-0.39, 0.29) is 18.4 Å². The molecule has 0 saturated heterocycles. The van der Waals surface area contributed by atoms with Gasteiger partial charge in [0, 0.05) is 0 Å². The van der Waals surface area contributed by atoms with Crippen molar-refractivity contribution in [2.75, 3.05) is 6.61 Å². The van der Waals surface area contributed by atoms with Crippen molar-refractivity contribution in [2.45, 2.75) is 32.4 Å². The van der Waals surface area contributed by atoms with Gasteiger partial charge >= 0.3 is 0 Å². The van der Waals surface area contributed by atoms with Crippen LogP contribution >= 0.6 is 0 Å². The number of rotatable bonds is 6. The number of hydrogen-bond donors (Lipinski definition) is 3. The number of amides is 1. The van der Waals surface area contributed by atoms with E-state index in [2.05, 4.69) is 5.32 Å². The predicted octanol–water partition coefficient (Wildman–Crippen LogP) is 1.21. The Kier molecular flexibility index (Phi) is 5.82. The zero-order valence-electron chi connectivity index (χ0n) is 11.0. The lowest BCUT2D eigenvalue weighted by Gasteiger charge is -2.22. The maximum Gasteiger partial charge on any atom is 0.237 e. The molecule has 100 valence electrons. The first-order chi connectivity index (χ1) is 8.60. The van der Waals surface area contributed by atoms with E-state index in [4.69, 9.17) is 5.73 Å². The van der Waals surface area contributed by atoms with Crippen LogP contribution in [0.5, 0.6) is 0 Å². The first kappa shape index (κ1) is 14.7. The second-order valence-electron chi connectivity index (χ2n) is 4.57. The van der Waals surface area contributed by atoms with E-state index in [9.17, 15) is 9.90 Å². The molecule has 0 aromatic heterocycles. The highest BCUT2D eigenvalue weighted by molar-refractivity contribution is 5.82. The summed E-state index contributed by atoms with van der Waals surface area (Å²) >= 11 is 0. The Balaban J connectivity index is 2.67. The molecule has 0 spiro atoms. The number of benzene rings is 1. The summed E-state index contributed by atoms with van der Waals surface area (Å²) < 4.78 is 0. The van der Waals surface area contributed by atoms with Gasteiger partial charge in [0.15, 0.2) is 0 Å². The smallest absolute Gasteiger partial charge is 0.237 e. The largest absolute Gasteiger partial charge is 0.394 e. The summed E-state index contributed by atoms with van der Waals surface area (Å²) in [6.45, 7) is 3.81. The molecule has 3 atom stereocenters. The topological polar surface area (TPSA) is 75.4 Å². The molecule has 0 aliphatic heterocycles. The molecule has 4 nitrogen and oxygen atoms in total. The van der Waals surface area contributed by atoms with Crippen LogP contribution in [-0.2, 0) is 4.79 Å². The van der Waals surface area contributed by atoms with E-state index in [0.29, 0.717) is 0 Å². The Labute approximate surface area is 108 Å². The third-order valence-electron chi connectivity index (χ3n) is 3.26. The molecule has 1 aromatic rings. The maximum absolute atomic E-state index is 11.9. The van der Waals surface area contributed by atoms with Crippen LogP contribution in [0, 0.1) is 5.92 Å². The molecule has 18 heavy (non-hydrogen) atoms. The molecule has 0 fully saturated rings. The van der Waals surface area contributed by atoms with Crippen molar-refractivity contribution in [1.29, 1.82) is 0 Å². The molecule has 0 bridgehead atoms. The number of aliphatic hydroxyl groups is 1. The third-order valence-corrected chi connectivity index (χ3v) is 3.26. The Bertz CT molecular complexity index is 367. The molecule has 0 heterocycles. The summed E-state index contributed by atoms with van der Waals surface area (Å²) in [6, 6.07) is 8.45. The number of carbonyl (C=O) groups excluding carboxylic acids is 1. The van der Waals surface area contributed by atoms with E-state index in [1.165, 1.54) is 0 Å². The maximum atomic E-state index is 11.9. The fourth-order valence-corrected chi connectivity index (χ4v) is 1.70. The van der Waals surface area contributed by atoms with Crippen molar-refractivity contribution < 1.29 is 9.90 Å². The first-order valence-electron chi connectivity index (χ1n) is 6.31. The monoisotopic (exact) mass is 250 g/mol. The molecular weight excluding hydrogens is 228 g/mol. The van der Waals surface area contributed by atoms with E-state index < -0.39 is 12.1 Å². The highest BCUT2D eigenvalue weighted by Crippen LogP contribution is 2.13. The van der Waals surface area contributed by atoms with Gasteiger partial charge in [0.1, 0.15) is 0 Å². The minimum absolute atomic E-state index is 0.125. The van der Waals surface area contributed by atoms with Gasteiger partial charge in [-0.05, 0) is 11.5 Å². The number of hydrogen-bond acceptors (Lipinski definition) is 3. The summed E-state index contributed by atoms with van der Waals surface area (Å²) in [6.07, 6.45) is 0.851. The third kappa shape index (κ3) is 3.82. The van der Waals surface area contributed by atoms with E-state index >= 15 is 0 Å². The fourth-order valence-electron chi connectivity index (χ4n) is 1.70. The van der Waals surface area contributed by atoms with Gasteiger partial charge in [0.2, 0.25) is 5.91 Å². The zero-order valence-corrected chi connectivity index (χ0v) is 11.0. The molecule has 4 heteroatoms. The molecule has 1 rings (SSSR count). The van der Waals surface area contributed by atoms with Gasteiger partial charge in [-0.3, -0.25) is 4.79 Å². The van der Waals surface area contributed by atoms with Crippen LogP contribution in [0.1, 0.15) is 31.9 Å². The Morgan fingerprint density at radius 2 is 2.00 bits per heavy atom. The SMILES string of the molecule is CCC(C)[C@H](N)C(=O)N[C@H](CO)c1ccccc1. The Morgan fingerprint density at radius 1 is 1.39 bits per heavy atom. The van der Waals surface area contributed by atoms with E-state index in [1.807, 2.05) is 44.2 Å². The van der Waals surface area contributed by atoms with Crippen molar-refractivity contribution in [1.82, 2.24) is 5.32 Å². The molecule has 0 radical (unpaired) electrons. The molecular formula is C14H22N2O2. The van der Waals surface area contributed by atoms with Crippen LogP contribution in [0.4, 0.5) is 0 Å². The highest BCUT2D eigenvalue weighted by atomic mass is 16.3. The van der Waals surface area contributed by atoms with Gasteiger partial charge < -0.3 is 16.2 Å². The van der Waals surface area contributed by atoms with E-state index in [1.54, 1.807) is 0 Å². The van der Waals surface area contributed by atoms with Crippen LogP contribution in [-0.4, -0.2) is 23.7 Å². The second kappa shape index (κ2) is 7.13. The lowest BCUT2D eigenvalue weighted by Crippen LogP contribution is -2.46. The van der Waals surface area contributed by atoms with E-state index in [0.717, 1.165) is 12.0 Å². The molecule has 1 amide bonds. The van der Waals surface area contributed by atoms with Gasteiger partial charge in [-0.15, -0.1) is 0 Å². The summed E-state index contributed by atoms with van der Waals surface area (Å²) in [5, 5.41) is 12.1. The van der Waals surface area contributed by atoms with Crippen LogP contribution < -0.4 is 11.1 Å². The summed E-state index contributed by atoms with van der Waals surface area (Å²) in [5.41, 5.74) is 6.74. The molecule has 0 saturated carbocycles. The van der Waals surface area contributed by atoms with Crippen molar-refractivity contribution in [3.63, 3.8) is 0 Å². The average Bonchev–Trinajstić information content (AvgIpc) is 2.43. The van der Waals surface area contributed by atoms with Crippen LogP contribution in [0.15, 0.2) is 30.3 Å². The van der Waals surface area contributed by atoms with Gasteiger partial charge in [-0.1, -0.05) is 50.6 Å². The van der Waals surface area contributed by atoms with Gasteiger partial charge in [0.25, 0.3) is 0 Å². The minimum atomic E-state index is -0.534. The zero-order chi connectivity index (χ0) is 13.5. The number of carbonyl (C=O) groups is 1.